The van der Waals surface area contributed by atoms with Crippen molar-refractivity contribution in [3.05, 3.63) is 90.4 Å². The number of rotatable bonds is 6. The van der Waals surface area contributed by atoms with Gasteiger partial charge in [0.05, 0.1) is 5.52 Å². The van der Waals surface area contributed by atoms with Gasteiger partial charge in [-0.05, 0) is 60.2 Å². The second-order valence-electron chi connectivity index (χ2n) is 6.46. The number of benzene rings is 2. The first-order valence-electron chi connectivity index (χ1n) is 9.24. The van der Waals surface area contributed by atoms with Crippen LogP contribution < -0.4 is 15.4 Å². The van der Waals surface area contributed by atoms with E-state index in [0.29, 0.717) is 23.6 Å². The van der Waals surface area contributed by atoms with Gasteiger partial charge < -0.3 is 15.4 Å². The van der Waals surface area contributed by atoms with Gasteiger partial charge in [-0.1, -0.05) is 6.07 Å². The first kappa shape index (κ1) is 18.4. The van der Waals surface area contributed by atoms with Gasteiger partial charge in [0, 0.05) is 48.8 Å². The second-order valence-corrected chi connectivity index (χ2v) is 6.46. The molecule has 2 aromatic carbocycles. The summed E-state index contributed by atoms with van der Waals surface area (Å²) in [4.78, 5) is 20.9. The maximum absolute atomic E-state index is 12.5. The number of anilines is 1. The number of carbonyl (C=O) groups excluding carboxylic acids is 1. The quantitative estimate of drug-likeness (QED) is 0.515. The van der Waals surface area contributed by atoms with Crippen molar-refractivity contribution < 1.29 is 9.53 Å². The van der Waals surface area contributed by atoms with Crippen molar-refractivity contribution in [2.75, 3.05) is 12.4 Å². The standard InChI is InChI=1S/C23H20N4O2/c1-24-18-5-6-20-21(14-18)26-12-9-22(20)29-19-4-2-3-17(13-19)23(28)27-15-16-7-10-25-11-8-16/h2-14,24H,15H2,1H3,(H,27,28). The molecule has 0 aliphatic rings. The van der Waals surface area contributed by atoms with E-state index in [0.717, 1.165) is 22.2 Å². The normalized spacial score (nSPS) is 10.5. The molecule has 0 unspecified atom stereocenters. The Morgan fingerprint density at radius 1 is 1.00 bits per heavy atom. The molecule has 4 aromatic rings. The van der Waals surface area contributed by atoms with Crippen LogP contribution in [0, 0.1) is 0 Å². The molecule has 1 amide bonds. The van der Waals surface area contributed by atoms with Gasteiger partial charge in [0.2, 0.25) is 0 Å². The largest absolute Gasteiger partial charge is 0.457 e. The van der Waals surface area contributed by atoms with Crippen molar-refractivity contribution in [2.24, 2.45) is 0 Å². The van der Waals surface area contributed by atoms with Gasteiger partial charge in [-0.25, -0.2) is 0 Å². The molecule has 29 heavy (non-hydrogen) atoms. The van der Waals surface area contributed by atoms with Crippen LogP contribution in [0.25, 0.3) is 10.9 Å². The minimum atomic E-state index is -0.162. The second kappa shape index (κ2) is 8.39. The van der Waals surface area contributed by atoms with Gasteiger partial charge in [-0.15, -0.1) is 0 Å². The number of carbonyl (C=O) groups is 1. The lowest BCUT2D eigenvalue weighted by molar-refractivity contribution is 0.0950. The summed E-state index contributed by atoms with van der Waals surface area (Å²) in [5.41, 5.74) is 3.34. The van der Waals surface area contributed by atoms with Gasteiger partial charge >= 0.3 is 0 Å². The fourth-order valence-electron chi connectivity index (χ4n) is 2.98. The molecule has 6 heteroatoms. The lowest BCUT2D eigenvalue weighted by Crippen LogP contribution is -2.22. The minimum Gasteiger partial charge on any atom is -0.457 e. The number of hydrogen-bond donors (Lipinski definition) is 2. The molecule has 2 N–H and O–H groups in total. The molecule has 2 aromatic heterocycles. The van der Waals surface area contributed by atoms with Crippen LogP contribution in [-0.2, 0) is 6.54 Å². The van der Waals surface area contributed by atoms with Gasteiger partial charge in [-0.2, -0.15) is 0 Å². The molecule has 0 aliphatic heterocycles. The average Bonchev–Trinajstić information content (AvgIpc) is 2.78. The van der Waals surface area contributed by atoms with E-state index in [1.54, 1.807) is 36.8 Å². The predicted molar refractivity (Wildman–Crippen MR) is 113 cm³/mol. The van der Waals surface area contributed by atoms with Crippen LogP contribution >= 0.6 is 0 Å². The zero-order valence-electron chi connectivity index (χ0n) is 15.9. The Labute approximate surface area is 168 Å². The van der Waals surface area contributed by atoms with Gasteiger partial charge in [0.15, 0.2) is 0 Å². The number of fused-ring (bicyclic) bond motifs is 1. The maximum Gasteiger partial charge on any atom is 0.251 e. The summed E-state index contributed by atoms with van der Waals surface area (Å²) < 4.78 is 6.07. The van der Waals surface area contributed by atoms with Crippen molar-refractivity contribution >= 4 is 22.5 Å². The SMILES string of the molecule is CNc1ccc2c(Oc3cccc(C(=O)NCc4ccncc4)c3)ccnc2c1. The van der Waals surface area contributed by atoms with Crippen molar-refractivity contribution in [3.63, 3.8) is 0 Å². The van der Waals surface area contributed by atoms with Gasteiger partial charge in [0.1, 0.15) is 11.5 Å². The molecule has 2 heterocycles. The highest BCUT2D eigenvalue weighted by Gasteiger charge is 2.09. The van der Waals surface area contributed by atoms with E-state index >= 15 is 0 Å². The summed E-state index contributed by atoms with van der Waals surface area (Å²) >= 11 is 0. The summed E-state index contributed by atoms with van der Waals surface area (Å²) in [6, 6.07) is 18.6. The maximum atomic E-state index is 12.5. The van der Waals surface area contributed by atoms with Crippen LogP contribution in [0.3, 0.4) is 0 Å². The van der Waals surface area contributed by atoms with Crippen LogP contribution in [0.4, 0.5) is 5.69 Å². The highest BCUT2D eigenvalue weighted by molar-refractivity contribution is 5.94. The molecule has 144 valence electrons. The highest BCUT2D eigenvalue weighted by atomic mass is 16.5. The Morgan fingerprint density at radius 2 is 1.86 bits per heavy atom. The van der Waals surface area contributed by atoms with Gasteiger partial charge in [0.25, 0.3) is 5.91 Å². The van der Waals surface area contributed by atoms with Gasteiger partial charge in [-0.3, -0.25) is 14.8 Å². The summed E-state index contributed by atoms with van der Waals surface area (Å²) in [7, 11) is 1.87. The van der Waals surface area contributed by atoms with Crippen LogP contribution in [-0.4, -0.2) is 22.9 Å². The molecule has 0 spiro atoms. The lowest BCUT2D eigenvalue weighted by atomic mass is 10.1. The molecular formula is C23H20N4O2. The third-order valence-corrected chi connectivity index (χ3v) is 4.52. The predicted octanol–water partition coefficient (Wildman–Crippen LogP) is 4.39. The van der Waals surface area contributed by atoms with E-state index in [9.17, 15) is 4.79 Å². The van der Waals surface area contributed by atoms with Crippen LogP contribution in [0.2, 0.25) is 0 Å². The van der Waals surface area contributed by atoms with Crippen LogP contribution in [0.1, 0.15) is 15.9 Å². The monoisotopic (exact) mass is 384 g/mol. The zero-order valence-corrected chi connectivity index (χ0v) is 15.9. The fraction of sp³-hybridized carbons (Fsp3) is 0.0870. The van der Waals surface area contributed by atoms with E-state index in [4.69, 9.17) is 4.74 Å². The molecule has 0 radical (unpaired) electrons. The summed E-state index contributed by atoms with van der Waals surface area (Å²) in [5.74, 6) is 1.12. The third-order valence-electron chi connectivity index (χ3n) is 4.52. The number of nitrogens with one attached hydrogen (secondary N) is 2. The smallest absolute Gasteiger partial charge is 0.251 e. The van der Waals surface area contributed by atoms with E-state index in [-0.39, 0.29) is 5.91 Å². The highest BCUT2D eigenvalue weighted by Crippen LogP contribution is 2.30. The van der Waals surface area contributed by atoms with Crippen LogP contribution in [0.5, 0.6) is 11.5 Å². The lowest BCUT2D eigenvalue weighted by Gasteiger charge is -2.11. The minimum absolute atomic E-state index is 0.162. The van der Waals surface area contributed by atoms with Crippen LogP contribution in [0.15, 0.2) is 79.3 Å². The van der Waals surface area contributed by atoms with Crippen molar-refractivity contribution in [1.29, 1.82) is 0 Å². The average molecular weight is 384 g/mol. The Morgan fingerprint density at radius 3 is 2.69 bits per heavy atom. The number of aromatic nitrogens is 2. The molecule has 0 saturated carbocycles. The molecule has 0 bridgehead atoms. The summed E-state index contributed by atoms with van der Waals surface area (Å²) in [5, 5.41) is 6.91. The Bertz CT molecular complexity index is 1150. The van der Waals surface area contributed by atoms with Crippen molar-refractivity contribution in [2.45, 2.75) is 6.54 Å². The molecular weight excluding hydrogens is 364 g/mol. The van der Waals surface area contributed by atoms with Crippen molar-refractivity contribution in [3.8, 4) is 11.5 Å². The van der Waals surface area contributed by atoms with Crippen molar-refractivity contribution in [1.82, 2.24) is 15.3 Å². The summed E-state index contributed by atoms with van der Waals surface area (Å²) in [6.45, 7) is 0.440. The number of pyridine rings is 2. The Balaban J connectivity index is 1.52. The number of hydrogen-bond acceptors (Lipinski definition) is 5. The zero-order chi connectivity index (χ0) is 20.1. The van der Waals surface area contributed by atoms with E-state index in [1.807, 2.05) is 49.5 Å². The molecule has 0 atom stereocenters. The third kappa shape index (κ3) is 4.32. The van der Waals surface area contributed by atoms with E-state index in [2.05, 4.69) is 20.6 Å². The number of amides is 1. The van der Waals surface area contributed by atoms with E-state index in [1.165, 1.54) is 0 Å². The van der Waals surface area contributed by atoms with E-state index < -0.39 is 0 Å². The number of nitrogens with zero attached hydrogens (tertiary/aromatic N) is 2. The molecule has 0 aliphatic carbocycles. The molecule has 0 saturated heterocycles. The Hall–Kier alpha value is -3.93. The molecule has 0 fully saturated rings. The molecule has 4 rings (SSSR count). The topological polar surface area (TPSA) is 76.1 Å². The number of ether oxygens (including phenoxy) is 1. The first-order chi connectivity index (χ1) is 14.2. The summed E-state index contributed by atoms with van der Waals surface area (Å²) in [6.07, 6.45) is 5.12. The molecule has 6 nitrogen and oxygen atoms in total. The fourth-order valence-corrected chi connectivity index (χ4v) is 2.98. The first-order valence-corrected chi connectivity index (χ1v) is 9.24. The Kier molecular flexibility index (Phi) is 5.33.